The number of hydrogen-bond acceptors (Lipinski definition) is 2. The van der Waals surface area contributed by atoms with Crippen molar-refractivity contribution in [1.82, 2.24) is 5.32 Å². The van der Waals surface area contributed by atoms with Gasteiger partial charge in [-0.25, -0.2) is 0 Å². The minimum atomic E-state index is -0.0116. The van der Waals surface area contributed by atoms with Crippen LogP contribution in [0.2, 0.25) is 0 Å². The zero-order chi connectivity index (χ0) is 8.48. The summed E-state index contributed by atoms with van der Waals surface area (Å²) < 4.78 is 0. The molecular formula is C9H20N2. The second kappa shape index (κ2) is 3.11. The second-order valence-electron chi connectivity index (χ2n) is 4.21. The maximum Gasteiger partial charge on any atom is 0.0249 e. The summed E-state index contributed by atoms with van der Waals surface area (Å²) in [5.41, 5.74) is 5.96. The molecule has 3 unspecified atom stereocenters. The van der Waals surface area contributed by atoms with E-state index in [-0.39, 0.29) is 5.54 Å². The van der Waals surface area contributed by atoms with Crippen LogP contribution in [0.4, 0.5) is 0 Å². The van der Waals surface area contributed by atoms with E-state index in [1.165, 1.54) is 6.42 Å². The van der Waals surface area contributed by atoms with E-state index in [9.17, 15) is 0 Å². The third-order valence-corrected chi connectivity index (χ3v) is 2.69. The highest BCUT2D eigenvalue weighted by atomic mass is 15.0. The fourth-order valence-electron chi connectivity index (χ4n) is 1.10. The van der Waals surface area contributed by atoms with Gasteiger partial charge in [-0.2, -0.15) is 0 Å². The Hall–Kier alpha value is -0.0800. The molecule has 1 fully saturated rings. The van der Waals surface area contributed by atoms with Crippen LogP contribution in [0, 0.1) is 5.92 Å². The zero-order valence-corrected chi connectivity index (χ0v) is 7.85. The van der Waals surface area contributed by atoms with Crippen LogP contribution in [0.1, 0.15) is 33.6 Å². The smallest absolute Gasteiger partial charge is 0.0249 e. The van der Waals surface area contributed by atoms with Crippen molar-refractivity contribution in [3.8, 4) is 0 Å². The van der Waals surface area contributed by atoms with Crippen molar-refractivity contribution in [3.63, 3.8) is 0 Å². The van der Waals surface area contributed by atoms with Gasteiger partial charge in [-0.1, -0.05) is 13.8 Å². The van der Waals surface area contributed by atoms with E-state index in [1.54, 1.807) is 0 Å². The summed E-state index contributed by atoms with van der Waals surface area (Å²) >= 11 is 0. The first-order valence-corrected chi connectivity index (χ1v) is 4.57. The van der Waals surface area contributed by atoms with Gasteiger partial charge >= 0.3 is 0 Å². The van der Waals surface area contributed by atoms with Crippen molar-refractivity contribution in [2.24, 2.45) is 11.7 Å². The highest BCUT2D eigenvalue weighted by Crippen LogP contribution is 2.29. The van der Waals surface area contributed by atoms with Gasteiger partial charge in [-0.3, -0.25) is 0 Å². The lowest BCUT2D eigenvalue weighted by molar-refractivity contribution is 0.411. The normalized spacial score (nSPS) is 34.9. The first-order valence-electron chi connectivity index (χ1n) is 4.57. The largest absolute Gasteiger partial charge is 0.324 e. The van der Waals surface area contributed by atoms with E-state index in [1.807, 2.05) is 0 Å². The molecule has 0 amide bonds. The molecule has 0 saturated heterocycles. The quantitative estimate of drug-likeness (QED) is 0.640. The van der Waals surface area contributed by atoms with Crippen molar-refractivity contribution in [1.29, 1.82) is 0 Å². The molecule has 11 heavy (non-hydrogen) atoms. The van der Waals surface area contributed by atoms with Gasteiger partial charge in [-0.05, 0) is 25.7 Å². The molecule has 3 N–H and O–H groups in total. The van der Waals surface area contributed by atoms with E-state index in [2.05, 4.69) is 26.1 Å². The summed E-state index contributed by atoms with van der Waals surface area (Å²) in [6.45, 7) is 7.47. The van der Waals surface area contributed by atoms with E-state index < -0.39 is 0 Å². The van der Waals surface area contributed by atoms with Gasteiger partial charge in [-0.15, -0.1) is 0 Å². The van der Waals surface area contributed by atoms with Crippen molar-refractivity contribution in [2.75, 3.05) is 6.54 Å². The van der Waals surface area contributed by atoms with Crippen molar-refractivity contribution >= 4 is 0 Å². The van der Waals surface area contributed by atoms with Crippen LogP contribution in [-0.4, -0.2) is 18.1 Å². The standard InChI is InChI=1S/C9H20N2/c1-4-9(3,10)6-11-8-5-7(8)2/h7-8,11H,4-6,10H2,1-3H3. The maximum atomic E-state index is 5.98. The maximum absolute atomic E-state index is 5.98. The lowest BCUT2D eigenvalue weighted by Crippen LogP contribution is -2.46. The predicted octanol–water partition coefficient (Wildman–Crippen LogP) is 1.11. The van der Waals surface area contributed by atoms with Gasteiger partial charge in [0, 0.05) is 18.1 Å². The molecule has 1 rings (SSSR count). The van der Waals surface area contributed by atoms with Crippen LogP contribution in [0.15, 0.2) is 0 Å². The monoisotopic (exact) mass is 156 g/mol. The SMILES string of the molecule is CCC(C)(N)CNC1CC1C. The van der Waals surface area contributed by atoms with Crippen molar-refractivity contribution in [2.45, 2.75) is 45.2 Å². The highest BCUT2D eigenvalue weighted by molar-refractivity contribution is 4.92. The number of hydrogen-bond donors (Lipinski definition) is 2. The molecule has 1 saturated carbocycles. The predicted molar refractivity (Wildman–Crippen MR) is 48.5 cm³/mol. The molecule has 0 aromatic heterocycles. The average Bonchev–Trinajstić information content (AvgIpc) is 2.63. The van der Waals surface area contributed by atoms with Crippen LogP contribution >= 0.6 is 0 Å². The highest BCUT2D eigenvalue weighted by Gasteiger charge is 2.33. The summed E-state index contributed by atoms with van der Waals surface area (Å²) in [5, 5.41) is 3.47. The average molecular weight is 156 g/mol. The zero-order valence-electron chi connectivity index (χ0n) is 7.85. The van der Waals surface area contributed by atoms with E-state index in [0.717, 1.165) is 24.9 Å². The third-order valence-electron chi connectivity index (χ3n) is 2.69. The first kappa shape index (κ1) is 9.01. The van der Waals surface area contributed by atoms with Crippen LogP contribution in [0.5, 0.6) is 0 Å². The third kappa shape index (κ3) is 2.80. The topological polar surface area (TPSA) is 38.0 Å². The van der Waals surface area contributed by atoms with Gasteiger partial charge in [0.25, 0.3) is 0 Å². The molecule has 2 heteroatoms. The summed E-state index contributed by atoms with van der Waals surface area (Å²) in [6.07, 6.45) is 2.38. The summed E-state index contributed by atoms with van der Waals surface area (Å²) in [6, 6.07) is 0.754. The van der Waals surface area contributed by atoms with Gasteiger partial charge < -0.3 is 11.1 Å². The molecule has 3 atom stereocenters. The van der Waals surface area contributed by atoms with Gasteiger partial charge in [0.15, 0.2) is 0 Å². The Balaban J connectivity index is 2.11. The Bertz CT molecular complexity index is 132. The lowest BCUT2D eigenvalue weighted by atomic mass is 10.0. The lowest BCUT2D eigenvalue weighted by Gasteiger charge is -2.23. The Morgan fingerprint density at radius 3 is 2.55 bits per heavy atom. The molecule has 0 radical (unpaired) electrons. The number of nitrogens with one attached hydrogen (secondary N) is 1. The van der Waals surface area contributed by atoms with Gasteiger partial charge in [0.05, 0.1) is 0 Å². The Kier molecular flexibility index (Phi) is 2.55. The Morgan fingerprint density at radius 1 is 1.64 bits per heavy atom. The summed E-state index contributed by atoms with van der Waals surface area (Å²) in [4.78, 5) is 0. The minimum Gasteiger partial charge on any atom is -0.324 e. The minimum absolute atomic E-state index is 0.0116. The molecular weight excluding hydrogens is 136 g/mol. The number of nitrogens with two attached hydrogens (primary N) is 1. The van der Waals surface area contributed by atoms with Crippen LogP contribution in [0.3, 0.4) is 0 Å². The second-order valence-corrected chi connectivity index (χ2v) is 4.21. The molecule has 0 spiro atoms. The number of rotatable bonds is 4. The van der Waals surface area contributed by atoms with Crippen molar-refractivity contribution < 1.29 is 0 Å². The fourth-order valence-corrected chi connectivity index (χ4v) is 1.10. The van der Waals surface area contributed by atoms with Crippen molar-refractivity contribution in [3.05, 3.63) is 0 Å². The first-order chi connectivity index (χ1) is 5.05. The Labute approximate surface area is 69.5 Å². The van der Waals surface area contributed by atoms with Gasteiger partial charge in [0.2, 0.25) is 0 Å². The Morgan fingerprint density at radius 2 is 2.18 bits per heavy atom. The van der Waals surface area contributed by atoms with Crippen LogP contribution in [-0.2, 0) is 0 Å². The molecule has 0 aromatic carbocycles. The molecule has 0 bridgehead atoms. The molecule has 2 nitrogen and oxygen atoms in total. The fraction of sp³-hybridized carbons (Fsp3) is 1.00. The molecule has 1 aliphatic carbocycles. The molecule has 0 aromatic rings. The van der Waals surface area contributed by atoms with Crippen LogP contribution in [0.25, 0.3) is 0 Å². The van der Waals surface area contributed by atoms with Crippen LogP contribution < -0.4 is 11.1 Å². The van der Waals surface area contributed by atoms with Gasteiger partial charge in [0.1, 0.15) is 0 Å². The van der Waals surface area contributed by atoms with E-state index in [4.69, 9.17) is 5.73 Å². The summed E-state index contributed by atoms with van der Waals surface area (Å²) in [7, 11) is 0. The van der Waals surface area contributed by atoms with E-state index in [0.29, 0.717) is 0 Å². The molecule has 0 heterocycles. The van der Waals surface area contributed by atoms with E-state index >= 15 is 0 Å². The summed E-state index contributed by atoms with van der Waals surface area (Å²) in [5.74, 6) is 0.877. The molecule has 1 aliphatic rings. The molecule has 0 aliphatic heterocycles. The molecule has 66 valence electrons.